The third-order valence-corrected chi connectivity index (χ3v) is 6.39. The topological polar surface area (TPSA) is 92.5 Å². The molecule has 1 N–H and O–H groups in total. The van der Waals surface area contributed by atoms with Crippen molar-refractivity contribution in [2.24, 2.45) is 0 Å². The van der Waals surface area contributed by atoms with Gasteiger partial charge in [-0.15, -0.1) is 0 Å². The van der Waals surface area contributed by atoms with Gasteiger partial charge in [-0.3, -0.25) is 4.79 Å². The van der Waals surface area contributed by atoms with Crippen LogP contribution in [0, 0.1) is 0 Å². The number of carbonyl (C=O) groups excluding carboxylic acids is 1. The van der Waals surface area contributed by atoms with Crippen LogP contribution in [0.3, 0.4) is 0 Å². The molecule has 8 heteroatoms. The van der Waals surface area contributed by atoms with Crippen molar-refractivity contribution in [3.8, 4) is 0 Å². The minimum absolute atomic E-state index is 0.0732. The third-order valence-electron chi connectivity index (χ3n) is 4.41. The van der Waals surface area contributed by atoms with Crippen LogP contribution in [0.2, 0.25) is 0 Å². The predicted octanol–water partition coefficient (Wildman–Crippen LogP) is 3.40. The van der Waals surface area contributed by atoms with Gasteiger partial charge in [0.15, 0.2) is 5.82 Å². The molecule has 0 saturated heterocycles. The molecule has 0 aliphatic heterocycles. The van der Waals surface area contributed by atoms with E-state index in [0.29, 0.717) is 6.42 Å². The molecule has 0 fully saturated rings. The molecule has 0 spiro atoms. The van der Waals surface area contributed by atoms with E-state index in [0.717, 1.165) is 5.56 Å². The van der Waals surface area contributed by atoms with Gasteiger partial charge in [0.2, 0.25) is 15.9 Å². The average Bonchev–Trinajstić information content (AvgIpc) is 3.11. The first-order valence-corrected chi connectivity index (χ1v) is 10.3. The molecule has 2 aromatic rings. The Balaban J connectivity index is 2.27. The van der Waals surface area contributed by atoms with Crippen molar-refractivity contribution in [1.29, 1.82) is 0 Å². The molecule has 0 unspecified atom stereocenters. The van der Waals surface area contributed by atoms with E-state index in [1.807, 2.05) is 19.1 Å². The number of carbonyl (C=O) groups is 1. The lowest BCUT2D eigenvalue weighted by molar-refractivity contribution is -0.116. The van der Waals surface area contributed by atoms with E-state index in [1.165, 1.54) is 16.6 Å². The Morgan fingerprint density at radius 3 is 2.33 bits per heavy atom. The molecule has 2 rings (SSSR count). The van der Waals surface area contributed by atoms with Crippen molar-refractivity contribution in [1.82, 2.24) is 9.46 Å². The Morgan fingerprint density at radius 1 is 1.22 bits per heavy atom. The molecule has 1 amide bonds. The predicted molar refractivity (Wildman–Crippen MR) is 104 cm³/mol. The largest absolute Gasteiger partial charge is 0.363 e. The number of anilines is 1. The number of rotatable bonds is 7. The van der Waals surface area contributed by atoms with Gasteiger partial charge in [0, 0.05) is 12.1 Å². The number of benzene rings is 1. The molecule has 0 aliphatic carbocycles. The van der Waals surface area contributed by atoms with Crippen LogP contribution in [0.5, 0.6) is 0 Å². The van der Waals surface area contributed by atoms with Gasteiger partial charge in [-0.05, 0) is 36.5 Å². The highest BCUT2D eigenvalue weighted by atomic mass is 32.2. The summed E-state index contributed by atoms with van der Waals surface area (Å²) in [4.78, 5) is 12.5. The van der Waals surface area contributed by atoms with Gasteiger partial charge >= 0.3 is 0 Å². The molecule has 27 heavy (non-hydrogen) atoms. The Labute approximate surface area is 160 Å². The Bertz CT molecular complexity index is 853. The zero-order valence-electron chi connectivity index (χ0n) is 16.4. The Morgan fingerprint density at radius 2 is 1.85 bits per heavy atom. The highest BCUT2D eigenvalue weighted by Crippen LogP contribution is 2.25. The fourth-order valence-corrected chi connectivity index (χ4v) is 4.21. The van der Waals surface area contributed by atoms with E-state index in [4.69, 9.17) is 0 Å². The molecule has 1 aromatic carbocycles. The molecule has 0 aliphatic rings. The molecule has 0 saturated carbocycles. The smallest absolute Gasteiger partial charge is 0.243 e. The van der Waals surface area contributed by atoms with Crippen LogP contribution in [0.1, 0.15) is 46.6 Å². The summed E-state index contributed by atoms with van der Waals surface area (Å²) in [5.41, 5.74) is 0.969. The first-order valence-electron chi connectivity index (χ1n) is 8.88. The van der Waals surface area contributed by atoms with Crippen LogP contribution in [-0.2, 0) is 20.2 Å². The minimum atomic E-state index is -3.82. The van der Waals surface area contributed by atoms with Crippen LogP contribution in [0.4, 0.5) is 5.82 Å². The van der Waals surface area contributed by atoms with Crippen LogP contribution >= 0.6 is 0 Å². The number of nitrogens with zero attached hydrogens (tertiary/aromatic N) is 2. The lowest BCUT2D eigenvalue weighted by atomic mass is 9.87. The van der Waals surface area contributed by atoms with Crippen molar-refractivity contribution in [3.63, 3.8) is 0 Å². The van der Waals surface area contributed by atoms with Crippen LogP contribution < -0.4 is 5.32 Å². The normalized spacial score (nSPS) is 13.6. The number of amides is 1. The summed E-state index contributed by atoms with van der Waals surface area (Å²) < 4.78 is 32.2. The molecule has 1 aromatic heterocycles. The fraction of sp³-hybridized carbons (Fsp3) is 0.474. The van der Waals surface area contributed by atoms with Crippen molar-refractivity contribution >= 4 is 21.7 Å². The lowest BCUT2D eigenvalue weighted by Gasteiger charge is -2.27. The highest BCUT2D eigenvalue weighted by molar-refractivity contribution is 7.89. The Kier molecular flexibility index (Phi) is 6.43. The maximum atomic E-state index is 13.1. The van der Waals surface area contributed by atoms with Gasteiger partial charge < -0.3 is 9.84 Å². The Hall–Kier alpha value is -2.19. The average molecular weight is 394 g/mol. The zero-order valence-corrected chi connectivity index (χ0v) is 17.2. The van der Waals surface area contributed by atoms with Gasteiger partial charge in [-0.1, -0.05) is 45.0 Å². The standard InChI is InChI=1S/C19H27N3O4S/c1-6-14(2)22(13-18(23)20-17-11-12-26-21-17)27(24,25)16-9-7-15(8-10-16)19(3,4)5/h7-12,14H,6,13H2,1-5H3,(H,20,21,23)/t14-/m1/s1. The fourth-order valence-electron chi connectivity index (χ4n) is 2.54. The van der Waals surface area contributed by atoms with E-state index in [-0.39, 0.29) is 28.7 Å². The number of aromatic nitrogens is 1. The monoisotopic (exact) mass is 393 g/mol. The van der Waals surface area contributed by atoms with Crippen LogP contribution in [0.15, 0.2) is 46.0 Å². The van der Waals surface area contributed by atoms with E-state index in [9.17, 15) is 13.2 Å². The molecule has 1 atom stereocenters. The van der Waals surface area contributed by atoms with Crippen LogP contribution in [-0.4, -0.2) is 36.4 Å². The van der Waals surface area contributed by atoms with Gasteiger partial charge in [-0.25, -0.2) is 8.42 Å². The van der Waals surface area contributed by atoms with Gasteiger partial charge in [-0.2, -0.15) is 4.31 Å². The molecular formula is C19H27N3O4S. The molecular weight excluding hydrogens is 366 g/mol. The number of hydrogen-bond acceptors (Lipinski definition) is 5. The maximum Gasteiger partial charge on any atom is 0.243 e. The molecule has 148 valence electrons. The van der Waals surface area contributed by atoms with Gasteiger partial charge in [0.25, 0.3) is 0 Å². The summed E-state index contributed by atoms with van der Waals surface area (Å²) in [7, 11) is -3.82. The summed E-state index contributed by atoms with van der Waals surface area (Å²) in [5, 5.41) is 6.14. The second kappa shape index (κ2) is 8.22. The summed E-state index contributed by atoms with van der Waals surface area (Å²) in [5.74, 6) is -0.227. The van der Waals surface area contributed by atoms with Gasteiger partial charge in [0.1, 0.15) is 6.26 Å². The van der Waals surface area contributed by atoms with E-state index in [2.05, 4.69) is 35.8 Å². The summed E-state index contributed by atoms with van der Waals surface area (Å²) in [6, 6.07) is 7.99. The SMILES string of the molecule is CC[C@@H](C)N(CC(=O)Nc1ccon1)S(=O)(=O)c1ccc(C(C)(C)C)cc1. The minimum Gasteiger partial charge on any atom is -0.363 e. The quantitative estimate of drug-likeness (QED) is 0.778. The molecule has 1 heterocycles. The first-order chi connectivity index (χ1) is 12.6. The second-order valence-corrected chi connectivity index (χ2v) is 9.41. The molecule has 0 bridgehead atoms. The van der Waals surface area contributed by atoms with Crippen LogP contribution in [0.25, 0.3) is 0 Å². The maximum absolute atomic E-state index is 13.1. The zero-order chi connectivity index (χ0) is 20.2. The second-order valence-electron chi connectivity index (χ2n) is 7.51. The van der Waals surface area contributed by atoms with Crippen molar-refractivity contribution < 1.29 is 17.7 Å². The van der Waals surface area contributed by atoms with Gasteiger partial charge in [0.05, 0.1) is 11.4 Å². The highest BCUT2D eigenvalue weighted by Gasteiger charge is 2.30. The summed E-state index contributed by atoms with van der Waals surface area (Å²) >= 11 is 0. The van der Waals surface area contributed by atoms with Crippen molar-refractivity contribution in [2.75, 3.05) is 11.9 Å². The van der Waals surface area contributed by atoms with Crippen molar-refractivity contribution in [2.45, 2.75) is 57.4 Å². The lowest BCUT2D eigenvalue weighted by Crippen LogP contribution is -2.43. The number of sulfonamides is 1. The third kappa shape index (κ3) is 5.17. The summed E-state index contributed by atoms with van der Waals surface area (Å²) in [6.07, 6.45) is 1.91. The van der Waals surface area contributed by atoms with E-state index < -0.39 is 15.9 Å². The molecule has 0 radical (unpaired) electrons. The first kappa shape index (κ1) is 21.1. The number of hydrogen-bond donors (Lipinski definition) is 1. The molecule has 7 nitrogen and oxygen atoms in total. The summed E-state index contributed by atoms with van der Waals surface area (Å²) in [6.45, 7) is 9.56. The van der Waals surface area contributed by atoms with E-state index >= 15 is 0 Å². The van der Waals surface area contributed by atoms with E-state index in [1.54, 1.807) is 19.1 Å². The number of nitrogens with one attached hydrogen (secondary N) is 1. The van der Waals surface area contributed by atoms with Crippen molar-refractivity contribution in [3.05, 3.63) is 42.2 Å².